The molecular weight excluding hydrogens is 576 g/mol. The van der Waals surface area contributed by atoms with Gasteiger partial charge in [-0.15, -0.1) is 0 Å². The van der Waals surface area contributed by atoms with E-state index in [2.05, 4.69) is 20.8 Å². The predicted molar refractivity (Wildman–Crippen MR) is 164 cm³/mol. The van der Waals surface area contributed by atoms with Crippen LogP contribution in [0.1, 0.15) is 120 Å². The van der Waals surface area contributed by atoms with Crippen LogP contribution in [-0.4, -0.2) is 64.9 Å². The number of carbonyl (C=O) groups is 4. The Morgan fingerprint density at radius 3 is 1.98 bits per heavy atom. The molecule has 9 nitrogen and oxygen atoms in total. The second-order valence-electron chi connectivity index (χ2n) is 17.2. The molecule has 5 aliphatic carbocycles. The summed E-state index contributed by atoms with van der Waals surface area (Å²) in [5, 5.41) is 10.4. The topological polar surface area (TPSA) is 125 Å². The number of fused-ring (bicyclic) bond motifs is 1. The van der Waals surface area contributed by atoms with Gasteiger partial charge in [-0.25, -0.2) is 0 Å². The first-order chi connectivity index (χ1) is 20.7. The van der Waals surface area contributed by atoms with Gasteiger partial charge in [0.05, 0.1) is 12.2 Å². The molecule has 6 aliphatic rings. The van der Waals surface area contributed by atoms with Gasteiger partial charge in [0.2, 0.25) is 0 Å². The van der Waals surface area contributed by atoms with Gasteiger partial charge in [-0.05, 0) is 94.8 Å². The van der Waals surface area contributed by atoms with Crippen LogP contribution in [-0.2, 0) is 38.1 Å². The van der Waals surface area contributed by atoms with Crippen LogP contribution in [0.5, 0.6) is 0 Å². The minimum Gasteiger partial charge on any atom is -0.462 e. The maximum atomic E-state index is 12.9. The molecule has 1 aliphatic heterocycles. The minimum atomic E-state index is -1.45. The van der Waals surface area contributed by atoms with E-state index in [9.17, 15) is 24.3 Å². The van der Waals surface area contributed by atoms with E-state index in [1.165, 1.54) is 34.6 Å². The van der Waals surface area contributed by atoms with E-state index in [4.69, 9.17) is 18.9 Å². The molecule has 0 aromatic rings. The summed E-state index contributed by atoms with van der Waals surface area (Å²) in [7, 11) is 0. The summed E-state index contributed by atoms with van der Waals surface area (Å²) in [5.74, 6) is -0.933. The average molecular weight is 631 g/mol. The van der Waals surface area contributed by atoms with Crippen LogP contribution in [0, 0.1) is 44.8 Å². The molecule has 3 spiro atoms. The molecule has 0 aromatic heterocycles. The van der Waals surface area contributed by atoms with Gasteiger partial charge in [-0.1, -0.05) is 20.8 Å². The predicted octanol–water partition coefficient (Wildman–Crippen LogP) is 5.33. The van der Waals surface area contributed by atoms with Crippen molar-refractivity contribution in [2.24, 2.45) is 44.8 Å². The average Bonchev–Trinajstić information content (AvgIpc) is 3.42. The number of esters is 3. The van der Waals surface area contributed by atoms with Crippen molar-refractivity contribution >= 4 is 23.7 Å². The van der Waals surface area contributed by atoms with Gasteiger partial charge < -0.3 is 24.1 Å². The van der Waals surface area contributed by atoms with Gasteiger partial charge in [0.1, 0.15) is 23.9 Å². The standard InChI is InChI=1S/C36H54O9/c1-20(37)43-26-13-15-34-18-35(34)16-17-36-19-42-32(8,14-12-25(40)31(6,7)41)28(36)27(44-21(2)38)29(45-22(3)39)33(36,9)24(35)11-10-23(34)30(26,4)5/h23-24,26-29,41H,10-19H2,1-9H3/t23?,24?,26-,27+,28+,29+,32?,33+,34+,35-,36-/m0/s1. The fourth-order valence-electron chi connectivity index (χ4n) is 12.8. The highest BCUT2D eigenvalue weighted by atomic mass is 16.6. The molecule has 11 atom stereocenters. The van der Waals surface area contributed by atoms with Crippen molar-refractivity contribution in [1.82, 2.24) is 0 Å². The van der Waals surface area contributed by atoms with Crippen LogP contribution in [0.15, 0.2) is 0 Å². The number of hydrogen-bond donors (Lipinski definition) is 1. The lowest BCUT2D eigenvalue weighted by molar-refractivity contribution is -0.207. The van der Waals surface area contributed by atoms with Crippen LogP contribution < -0.4 is 0 Å². The zero-order valence-corrected chi connectivity index (χ0v) is 28.7. The van der Waals surface area contributed by atoms with Crippen LogP contribution in [0.4, 0.5) is 0 Å². The van der Waals surface area contributed by atoms with Crippen molar-refractivity contribution in [1.29, 1.82) is 0 Å². The first-order valence-corrected chi connectivity index (χ1v) is 17.1. The lowest BCUT2D eigenvalue weighted by Gasteiger charge is -2.63. The number of carbonyl (C=O) groups excluding carboxylic acids is 4. The molecule has 6 fully saturated rings. The monoisotopic (exact) mass is 630 g/mol. The summed E-state index contributed by atoms with van der Waals surface area (Å²) >= 11 is 0. The summed E-state index contributed by atoms with van der Waals surface area (Å²) < 4.78 is 25.2. The molecule has 1 saturated heterocycles. The van der Waals surface area contributed by atoms with Crippen LogP contribution in [0.25, 0.3) is 0 Å². The zero-order valence-electron chi connectivity index (χ0n) is 28.7. The minimum absolute atomic E-state index is 0.0678. The second kappa shape index (κ2) is 10.0. The van der Waals surface area contributed by atoms with E-state index >= 15 is 0 Å². The lowest BCUT2D eigenvalue weighted by atomic mass is 9.41. The molecule has 1 N–H and O–H groups in total. The molecule has 0 bridgehead atoms. The third-order valence-electron chi connectivity index (χ3n) is 14.5. The maximum absolute atomic E-state index is 12.9. The van der Waals surface area contributed by atoms with Crippen molar-refractivity contribution in [3.63, 3.8) is 0 Å². The molecule has 0 amide bonds. The first-order valence-electron chi connectivity index (χ1n) is 17.1. The Bertz CT molecular complexity index is 1300. The van der Waals surface area contributed by atoms with Crippen molar-refractivity contribution in [3.8, 4) is 0 Å². The Labute approximate surface area is 267 Å². The van der Waals surface area contributed by atoms with E-state index in [1.54, 1.807) is 0 Å². The van der Waals surface area contributed by atoms with Gasteiger partial charge in [-0.2, -0.15) is 0 Å². The normalized spacial score (nSPS) is 47.2. The SMILES string of the molecule is CC(=O)O[C@@H]1[C@@H]2C(C)(CCC(=O)C(C)(C)O)OC[C@@]23CC[C@@]24C[C@@]25CC[C@H](OC(C)=O)C(C)(C)C5CCC4[C@]3(C)[C@@H]1OC(C)=O. The highest BCUT2D eigenvalue weighted by molar-refractivity contribution is 5.86. The number of hydrogen-bond acceptors (Lipinski definition) is 9. The summed E-state index contributed by atoms with van der Waals surface area (Å²) in [6.45, 7) is 16.6. The van der Waals surface area contributed by atoms with Crippen LogP contribution in [0.3, 0.4) is 0 Å². The van der Waals surface area contributed by atoms with E-state index in [0.29, 0.717) is 18.9 Å². The van der Waals surface area contributed by atoms with Crippen molar-refractivity contribution in [2.45, 2.75) is 150 Å². The first kappa shape index (κ1) is 32.9. The quantitative estimate of drug-likeness (QED) is 0.294. The smallest absolute Gasteiger partial charge is 0.303 e. The van der Waals surface area contributed by atoms with Gasteiger partial charge in [0.15, 0.2) is 5.78 Å². The van der Waals surface area contributed by atoms with Crippen LogP contribution in [0.2, 0.25) is 0 Å². The molecular formula is C36H54O9. The number of aliphatic hydroxyl groups is 1. The second-order valence-corrected chi connectivity index (χ2v) is 17.2. The molecule has 45 heavy (non-hydrogen) atoms. The van der Waals surface area contributed by atoms with Gasteiger partial charge in [0, 0.05) is 49.4 Å². The van der Waals surface area contributed by atoms with Crippen molar-refractivity contribution < 1.29 is 43.2 Å². The number of Topliss-reactive ketones (excluding diaryl/α,β-unsaturated/α-hetero) is 1. The van der Waals surface area contributed by atoms with Gasteiger partial charge in [0.25, 0.3) is 0 Å². The molecule has 252 valence electrons. The highest BCUT2D eigenvalue weighted by Crippen LogP contribution is 2.90. The van der Waals surface area contributed by atoms with E-state index in [1.807, 2.05) is 6.92 Å². The number of rotatable bonds is 7. The summed E-state index contributed by atoms with van der Waals surface area (Å²) in [6.07, 6.45) is 5.86. The molecule has 1 heterocycles. The van der Waals surface area contributed by atoms with Crippen LogP contribution >= 0.6 is 0 Å². The highest BCUT2D eigenvalue weighted by Gasteiger charge is 2.87. The largest absolute Gasteiger partial charge is 0.462 e. The Morgan fingerprint density at radius 2 is 1.38 bits per heavy atom. The van der Waals surface area contributed by atoms with Gasteiger partial charge >= 0.3 is 17.9 Å². The Morgan fingerprint density at radius 1 is 0.800 bits per heavy atom. The van der Waals surface area contributed by atoms with E-state index in [-0.39, 0.29) is 52.4 Å². The van der Waals surface area contributed by atoms with E-state index in [0.717, 1.165) is 44.9 Å². The van der Waals surface area contributed by atoms with Crippen molar-refractivity contribution in [2.75, 3.05) is 6.61 Å². The van der Waals surface area contributed by atoms with Crippen molar-refractivity contribution in [3.05, 3.63) is 0 Å². The molecule has 0 radical (unpaired) electrons. The zero-order chi connectivity index (χ0) is 33.2. The molecule has 0 aromatic carbocycles. The third-order valence-corrected chi connectivity index (χ3v) is 14.5. The fourth-order valence-corrected chi connectivity index (χ4v) is 12.8. The summed E-state index contributed by atoms with van der Waals surface area (Å²) in [6, 6.07) is 0. The lowest BCUT2D eigenvalue weighted by Crippen LogP contribution is -2.61. The number of ether oxygens (including phenoxy) is 4. The molecule has 6 rings (SSSR count). The molecule has 5 saturated carbocycles. The Kier molecular flexibility index (Phi) is 7.32. The number of ketones is 1. The fraction of sp³-hybridized carbons (Fsp3) is 0.889. The molecule has 9 heteroatoms. The Balaban J connectivity index is 1.42. The summed E-state index contributed by atoms with van der Waals surface area (Å²) in [4.78, 5) is 50.5. The maximum Gasteiger partial charge on any atom is 0.303 e. The van der Waals surface area contributed by atoms with Gasteiger partial charge in [-0.3, -0.25) is 19.2 Å². The third kappa shape index (κ3) is 4.30. The summed E-state index contributed by atoms with van der Waals surface area (Å²) in [5.41, 5.74) is -3.15. The molecule has 3 unspecified atom stereocenters. The van der Waals surface area contributed by atoms with E-state index < -0.39 is 46.2 Å². The Hall–Kier alpha value is -2.00.